The van der Waals surface area contributed by atoms with E-state index in [0.29, 0.717) is 73.4 Å². The zero-order valence-corrected chi connectivity index (χ0v) is 27.8. The summed E-state index contributed by atoms with van der Waals surface area (Å²) in [7, 11) is 1.31. The summed E-state index contributed by atoms with van der Waals surface area (Å²) in [5, 5.41) is 19.7. The summed E-state index contributed by atoms with van der Waals surface area (Å²) in [5.74, 6) is -1.13. The van der Waals surface area contributed by atoms with E-state index < -0.39 is 18.0 Å². The fraction of sp³-hybridized carbons (Fsp3) is 0.344. The minimum absolute atomic E-state index is 0.155. The van der Waals surface area contributed by atoms with Crippen LogP contribution in [0.3, 0.4) is 0 Å². The Kier molecular flexibility index (Phi) is 9.00. The molecule has 2 amide bonds. The van der Waals surface area contributed by atoms with Crippen LogP contribution in [0.15, 0.2) is 80.9 Å². The molecule has 0 bridgehead atoms. The Hall–Kier alpha value is -4.93. The van der Waals surface area contributed by atoms with Crippen molar-refractivity contribution in [3.63, 3.8) is 0 Å². The molecule has 0 radical (unpaired) electrons. The van der Waals surface area contributed by atoms with Crippen LogP contribution < -0.4 is 10.2 Å². The van der Waals surface area contributed by atoms with Gasteiger partial charge in [0, 0.05) is 54.9 Å². The summed E-state index contributed by atoms with van der Waals surface area (Å²) in [6, 6.07) is 5.36. The van der Waals surface area contributed by atoms with Crippen molar-refractivity contribution in [2.75, 3.05) is 44.7 Å². The number of aromatic carboxylic acids is 1. The number of carbonyl (C=O) groups excluding carboxylic acids is 2. The minimum Gasteiger partial charge on any atom is -0.478 e. The van der Waals surface area contributed by atoms with Crippen molar-refractivity contribution in [3.05, 3.63) is 92.1 Å². The van der Waals surface area contributed by atoms with Crippen molar-refractivity contribution < 1.29 is 28.6 Å². The summed E-state index contributed by atoms with van der Waals surface area (Å²) in [5.41, 5.74) is 2.54. The average Bonchev–Trinajstić information content (AvgIpc) is 3.86. The molecule has 1 aliphatic carbocycles. The number of amides is 2. The van der Waals surface area contributed by atoms with Crippen molar-refractivity contribution in [1.29, 1.82) is 0 Å². The number of hydrogen-bond donors (Lipinski definition) is 2. The number of nitrogens with zero attached hydrogens (tertiary/aromatic N) is 8. The number of aromatic nitrogens is 4. The van der Waals surface area contributed by atoms with Crippen LogP contribution in [0.2, 0.25) is 0 Å². The van der Waals surface area contributed by atoms with E-state index in [9.17, 15) is 18.8 Å². The summed E-state index contributed by atoms with van der Waals surface area (Å²) in [6.07, 6.45) is 4.94. The maximum absolute atomic E-state index is 14.1. The second kappa shape index (κ2) is 13.5. The fourth-order valence-corrected chi connectivity index (χ4v) is 7.35. The van der Waals surface area contributed by atoms with Crippen molar-refractivity contribution in [2.45, 2.75) is 31.5 Å². The maximum Gasteiger partial charge on any atom is 0.338 e. The van der Waals surface area contributed by atoms with Crippen LogP contribution >= 0.6 is 22.9 Å². The molecule has 2 saturated heterocycles. The van der Waals surface area contributed by atoms with Gasteiger partial charge in [-0.3, -0.25) is 14.8 Å². The Morgan fingerprint density at radius 2 is 1.96 bits per heavy atom. The van der Waals surface area contributed by atoms with Crippen molar-refractivity contribution in [3.8, 4) is 0 Å². The molecule has 3 aromatic rings. The highest BCUT2D eigenvalue weighted by Gasteiger charge is 2.43. The number of ether oxygens (including phenoxy) is 1. The molecule has 4 aliphatic rings. The quantitative estimate of drug-likeness (QED) is 0.316. The molecule has 0 saturated carbocycles. The van der Waals surface area contributed by atoms with Gasteiger partial charge in [0.1, 0.15) is 18.2 Å². The van der Waals surface area contributed by atoms with Crippen LogP contribution in [-0.2, 0) is 16.1 Å². The van der Waals surface area contributed by atoms with Crippen molar-refractivity contribution in [2.24, 2.45) is 4.99 Å². The van der Waals surface area contributed by atoms with Gasteiger partial charge in [0.15, 0.2) is 10.8 Å². The number of nitrogens with one attached hydrogen (secondary N) is 1. The lowest BCUT2D eigenvalue weighted by molar-refractivity contribution is -0.136. The number of fused-ring (bicyclic) bond motifs is 1. The molecular weight excluding hydrogens is 677 g/mol. The van der Waals surface area contributed by atoms with Crippen LogP contribution in [0.5, 0.6) is 0 Å². The van der Waals surface area contributed by atoms with Crippen LogP contribution in [0.4, 0.5) is 15.1 Å². The van der Waals surface area contributed by atoms with E-state index in [2.05, 4.69) is 25.3 Å². The van der Waals surface area contributed by atoms with Gasteiger partial charge in [-0.2, -0.15) is 4.98 Å². The van der Waals surface area contributed by atoms with Crippen molar-refractivity contribution >= 4 is 52.7 Å². The Labute approximate surface area is 288 Å². The molecule has 0 unspecified atom stereocenters. The van der Waals surface area contributed by atoms with Gasteiger partial charge in [0.25, 0.3) is 5.95 Å². The monoisotopic (exact) mass is 707 g/mol. The van der Waals surface area contributed by atoms with E-state index in [1.54, 1.807) is 34.2 Å². The molecule has 17 heteroatoms. The van der Waals surface area contributed by atoms with Gasteiger partial charge in [-0.05, 0) is 35.8 Å². The largest absolute Gasteiger partial charge is 0.478 e. The topological polar surface area (TPSA) is 158 Å². The fourth-order valence-electron chi connectivity index (χ4n) is 6.45. The van der Waals surface area contributed by atoms with Gasteiger partial charge in [0.2, 0.25) is 0 Å². The number of hydrogen-bond acceptors (Lipinski definition) is 11. The molecule has 254 valence electrons. The molecule has 14 nitrogen and oxygen atoms in total. The number of aliphatic imine (C=N–C) groups is 1. The van der Waals surface area contributed by atoms with Gasteiger partial charge in [-0.25, -0.2) is 28.4 Å². The number of halogens is 2. The highest BCUT2D eigenvalue weighted by molar-refractivity contribution is 7.11. The lowest BCUT2D eigenvalue weighted by Crippen LogP contribution is -2.53. The second-order valence-corrected chi connectivity index (χ2v) is 13.2. The molecule has 49 heavy (non-hydrogen) atoms. The molecule has 0 spiro atoms. The maximum atomic E-state index is 14.1. The number of allylic oxidation sites excluding steroid dienone is 3. The van der Waals surface area contributed by atoms with Crippen LogP contribution in [0.25, 0.3) is 0 Å². The van der Waals surface area contributed by atoms with E-state index in [4.69, 9.17) is 26.4 Å². The van der Waals surface area contributed by atoms with E-state index in [1.165, 1.54) is 36.7 Å². The number of benzene rings is 1. The van der Waals surface area contributed by atoms with Gasteiger partial charge in [-0.15, -0.1) is 16.4 Å². The summed E-state index contributed by atoms with van der Waals surface area (Å²) in [4.78, 5) is 57.2. The first-order chi connectivity index (χ1) is 23.7. The van der Waals surface area contributed by atoms with Crippen LogP contribution in [0.1, 0.15) is 33.8 Å². The summed E-state index contributed by atoms with van der Waals surface area (Å²) < 4.78 is 20.9. The number of anilines is 1. The summed E-state index contributed by atoms with van der Waals surface area (Å²) >= 11 is 7.93. The Balaban J connectivity index is 1.09. The number of rotatable bonds is 9. The molecule has 2 aromatic heterocycles. The summed E-state index contributed by atoms with van der Waals surface area (Å²) in [6.45, 7) is 2.57. The lowest BCUT2D eigenvalue weighted by Gasteiger charge is -2.38. The lowest BCUT2D eigenvalue weighted by atomic mass is 9.89. The number of methoxy groups -OCH3 is 1. The molecule has 3 aliphatic heterocycles. The van der Waals surface area contributed by atoms with Crippen LogP contribution in [0, 0.1) is 0 Å². The molecule has 5 heterocycles. The molecule has 7 rings (SSSR count). The molecule has 2 fully saturated rings. The van der Waals surface area contributed by atoms with E-state index >= 15 is 0 Å². The molecule has 2 N–H and O–H groups in total. The number of carboxylic acid groups (broad SMARTS) is 1. The highest BCUT2D eigenvalue weighted by Crippen LogP contribution is 2.36. The predicted octanol–water partition coefficient (Wildman–Crippen LogP) is 3.39. The van der Waals surface area contributed by atoms with E-state index in [0.717, 1.165) is 5.56 Å². The number of esters is 1. The zero-order chi connectivity index (χ0) is 34.2. The predicted molar refractivity (Wildman–Crippen MR) is 178 cm³/mol. The molecule has 1 aromatic carbocycles. The first-order valence-electron chi connectivity index (χ1n) is 15.5. The van der Waals surface area contributed by atoms with Crippen LogP contribution in [-0.4, -0.2) is 110 Å². The van der Waals surface area contributed by atoms with Gasteiger partial charge in [0.05, 0.1) is 37.4 Å². The number of carbonyl (C=O) groups is 3. The number of amidine groups is 1. The normalized spacial score (nSPS) is 21.4. The SMILES string of the molecule is COC(=O)C1=C(CN2CCN3C(=O)N(c4ncn(Cc5ccc(C(=O)O)cc5)n4)C[C@@H]3C2)NC(c2nccs2)=N[C@H]1C1=C(Cl)C=C(F)CC1. The standard InChI is InChI=1S/C32H31ClFN9O5S/c1-48-30(46)25-24(37-27(28-35-8-11-49-28)38-26(25)22-7-6-20(34)12-23(22)33)16-40-9-10-42-21(14-40)15-43(32(42)47)31-36-17-41(39-31)13-18-2-4-19(5-3-18)29(44)45/h2-5,8,11-12,17,21,26H,6-7,9-10,13-16H2,1H3,(H,37,38)(H,44,45)/t21-,26-/m0/s1. The van der Waals surface area contributed by atoms with Gasteiger partial charge in [-0.1, -0.05) is 23.7 Å². The minimum atomic E-state index is -0.997. The zero-order valence-electron chi connectivity index (χ0n) is 26.3. The second-order valence-electron chi connectivity index (χ2n) is 11.9. The number of urea groups is 1. The Morgan fingerprint density at radius 1 is 1.14 bits per heavy atom. The Bertz CT molecular complexity index is 1920. The third-order valence-corrected chi connectivity index (χ3v) is 9.98. The molecule has 2 atom stereocenters. The Morgan fingerprint density at radius 3 is 2.67 bits per heavy atom. The first-order valence-corrected chi connectivity index (χ1v) is 16.8. The smallest absolute Gasteiger partial charge is 0.338 e. The van der Waals surface area contributed by atoms with Gasteiger partial charge < -0.3 is 20.1 Å². The van der Waals surface area contributed by atoms with Gasteiger partial charge >= 0.3 is 18.0 Å². The van der Waals surface area contributed by atoms with Crippen molar-refractivity contribution in [1.82, 2.24) is 34.9 Å². The third kappa shape index (κ3) is 6.58. The first kappa shape index (κ1) is 32.6. The average molecular weight is 708 g/mol. The number of piperazine rings is 1. The highest BCUT2D eigenvalue weighted by atomic mass is 35.5. The number of carboxylic acids is 1. The third-order valence-electron chi connectivity index (χ3n) is 8.85. The molecular formula is C32H31ClFN9O5S. The van der Waals surface area contributed by atoms with E-state index in [-0.39, 0.29) is 40.9 Å². The van der Waals surface area contributed by atoms with E-state index in [1.807, 2.05) is 10.3 Å². The number of thiazole rings is 1.